The second-order valence-electron chi connectivity index (χ2n) is 9.09. The number of carbonyl (C=O) groups is 3. The molecule has 4 aromatic carbocycles. The summed E-state index contributed by atoms with van der Waals surface area (Å²) in [6.07, 6.45) is 0.0214. The zero-order chi connectivity index (χ0) is 27.2. The second kappa shape index (κ2) is 11.7. The maximum atomic E-state index is 12.7. The lowest BCUT2D eigenvalue weighted by Gasteiger charge is -2.17. The number of rotatable bonds is 9. The van der Waals surface area contributed by atoms with Crippen molar-refractivity contribution in [3.8, 4) is 17.2 Å². The number of benzene rings is 4. The first-order valence-electron chi connectivity index (χ1n) is 12.8. The average Bonchev–Trinajstić information content (AvgIpc) is 3.35. The molecule has 1 N–H and O–H groups in total. The van der Waals surface area contributed by atoms with E-state index in [0.29, 0.717) is 29.5 Å². The fraction of sp³-hybridized carbons (Fsp3) is 0.194. The van der Waals surface area contributed by atoms with Gasteiger partial charge in [0.1, 0.15) is 17.2 Å². The van der Waals surface area contributed by atoms with Crippen molar-refractivity contribution in [3.63, 3.8) is 0 Å². The molecule has 2 amide bonds. The fourth-order valence-electron chi connectivity index (χ4n) is 4.47. The number of ether oxygens (including phenoxy) is 3. The number of hydrogen-bond donors (Lipinski definition) is 1. The van der Waals surface area contributed by atoms with Crippen LogP contribution in [0.25, 0.3) is 10.8 Å². The first kappa shape index (κ1) is 25.8. The summed E-state index contributed by atoms with van der Waals surface area (Å²) >= 11 is 0. The molecular formula is C31H28N2O6. The molecule has 0 aromatic heterocycles. The number of nitrogens with zero attached hydrogens (tertiary/aromatic N) is 1. The van der Waals surface area contributed by atoms with Gasteiger partial charge in [-0.05, 0) is 66.9 Å². The van der Waals surface area contributed by atoms with E-state index in [0.717, 1.165) is 16.5 Å². The summed E-state index contributed by atoms with van der Waals surface area (Å²) in [5, 5.41) is 4.76. The highest BCUT2D eigenvalue weighted by molar-refractivity contribution is 6.00. The van der Waals surface area contributed by atoms with Crippen molar-refractivity contribution in [3.05, 3.63) is 91.0 Å². The molecule has 0 aliphatic carbocycles. The smallest absolute Gasteiger partial charge is 0.311 e. The molecule has 1 atom stereocenters. The molecule has 4 aromatic rings. The lowest BCUT2D eigenvalue weighted by Crippen LogP contribution is -2.28. The van der Waals surface area contributed by atoms with E-state index in [9.17, 15) is 14.4 Å². The minimum atomic E-state index is -0.651. The number of esters is 1. The van der Waals surface area contributed by atoms with E-state index >= 15 is 0 Å². The SMILES string of the molecule is CCOc1ccc(NC(=O)COC(=O)[C@H]2CC(=O)N(c3ccc(Oc4cccc5ccccc45)cc3)C2)cc1. The minimum absolute atomic E-state index is 0.0214. The van der Waals surface area contributed by atoms with Gasteiger partial charge in [0, 0.05) is 29.7 Å². The zero-order valence-electron chi connectivity index (χ0n) is 21.5. The van der Waals surface area contributed by atoms with E-state index in [2.05, 4.69) is 5.32 Å². The Morgan fingerprint density at radius 1 is 0.897 bits per heavy atom. The molecule has 0 unspecified atom stereocenters. The third-order valence-electron chi connectivity index (χ3n) is 6.38. The molecule has 5 rings (SSSR count). The molecule has 0 spiro atoms. The van der Waals surface area contributed by atoms with Crippen molar-refractivity contribution in [2.75, 3.05) is 30.0 Å². The van der Waals surface area contributed by atoms with Crippen molar-refractivity contribution < 1.29 is 28.6 Å². The van der Waals surface area contributed by atoms with Crippen LogP contribution in [0.3, 0.4) is 0 Å². The first-order valence-corrected chi connectivity index (χ1v) is 12.8. The van der Waals surface area contributed by atoms with Crippen LogP contribution in [0.1, 0.15) is 13.3 Å². The van der Waals surface area contributed by atoms with Crippen molar-refractivity contribution in [1.29, 1.82) is 0 Å². The Morgan fingerprint density at radius 2 is 1.62 bits per heavy atom. The number of nitrogens with one attached hydrogen (secondary N) is 1. The van der Waals surface area contributed by atoms with Gasteiger partial charge >= 0.3 is 5.97 Å². The average molecular weight is 525 g/mol. The van der Waals surface area contributed by atoms with Crippen LogP contribution in [0, 0.1) is 5.92 Å². The Balaban J connectivity index is 1.14. The zero-order valence-corrected chi connectivity index (χ0v) is 21.5. The lowest BCUT2D eigenvalue weighted by molar-refractivity contribution is -0.151. The van der Waals surface area contributed by atoms with Gasteiger partial charge < -0.3 is 24.4 Å². The maximum absolute atomic E-state index is 12.7. The van der Waals surface area contributed by atoms with Gasteiger partial charge in [0.15, 0.2) is 6.61 Å². The number of amides is 2. The molecule has 1 fully saturated rings. The highest BCUT2D eigenvalue weighted by atomic mass is 16.5. The van der Waals surface area contributed by atoms with Gasteiger partial charge in [-0.15, -0.1) is 0 Å². The topological polar surface area (TPSA) is 94.2 Å². The fourth-order valence-corrected chi connectivity index (χ4v) is 4.47. The summed E-state index contributed by atoms with van der Waals surface area (Å²) in [7, 11) is 0. The monoisotopic (exact) mass is 524 g/mol. The Labute approximate surface area is 226 Å². The van der Waals surface area contributed by atoms with Gasteiger partial charge in [-0.25, -0.2) is 0 Å². The number of hydrogen-bond acceptors (Lipinski definition) is 6. The molecule has 1 saturated heterocycles. The van der Waals surface area contributed by atoms with Crippen LogP contribution in [0.15, 0.2) is 91.0 Å². The van der Waals surface area contributed by atoms with Crippen LogP contribution in [-0.2, 0) is 19.1 Å². The van der Waals surface area contributed by atoms with E-state index < -0.39 is 24.4 Å². The third kappa shape index (κ3) is 6.18. The number of fused-ring (bicyclic) bond motifs is 1. The molecule has 0 saturated carbocycles. The Hall–Kier alpha value is -4.85. The van der Waals surface area contributed by atoms with Crippen LogP contribution in [-0.4, -0.2) is 37.5 Å². The van der Waals surface area contributed by atoms with Gasteiger partial charge in [-0.3, -0.25) is 14.4 Å². The number of carbonyl (C=O) groups excluding carboxylic acids is 3. The van der Waals surface area contributed by atoms with Gasteiger partial charge in [-0.2, -0.15) is 0 Å². The molecule has 8 heteroatoms. The van der Waals surface area contributed by atoms with Crippen molar-refractivity contribution in [1.82, 2.24) is 0 Å². The van der Waals surface area contributed by atoms with Crippen molar-refractivity contribution in [2.24, 2.45) is 5.92 Å². The predicted octanol–water partition coefficient (Wildman–Crippen LogP) is 5.57. The van der Waals surface area contributed by atoms with Gasteiger partial charge in [0.05, 0.1) is 12.5 Å². The molecule has 198 valence electrons. The summed E-state index contributed by atoms with van der Waals surface area (Å²) in [6.45, 7) is 2.19. The van der Waals surface area contributed by atoms with Crippen LogP contribution >= 0.6 is 0 Å². The van der Waals surface area contributed by atoms with Gasteiger partial charge in [0.25, 0.3) is 5.91 Å². The van der Waals surface area contributed by atoms with Crippen molar-refractivity contribution in [2.45, 2.75) is 13.3 Å². The molecule has 1 heterocycles. The summed E-state index contributed by atoms with van der Waals surface area (Å²) in [4.78, 5) is 39.0. The maximum Gasteiger partial charge on any atom is 0.311 e. The van der Waals surface area contributed by atoms with Crippen LogP contribution < -0.4 is 19.7 Å². The highest BCUT2D eigenvalue weighted by Crippen LogP contribution is 2.32. The molecule has 1 aliphatic heterocycles. The molecule has 1 aliphatic rings. The lowest BCUT2D eigenvalue weighted by atomic mass is 10.1. The van der Waals surface area contributed by atoms with Crippen LogP contribution in [0.4, 0.5) is 11.4 Å². The summed E-state index contributed by atoms with van der Waals surface area (Å²) in [5.74, 6) is 0.202. The number of anilines is 2. The Morgan fingerprint density at radius 3 is 2.38 bits per heavy atom. The molecule has 0 radical (unpaired) electrons. The van der Waals surface area contributed by atoms with E-state index in [1.54, 1.807) is 53.4 Å². The minimum Gasteiger partial charge on any atom is -0.494 e. The normalized spacial score (nSPS) is 14.7. The second-order valence-corrected chi connectivity index (χ2v) is 9.09. The Bertz CT molecular complexity index is 1480. The van der Waals surface area contributed by atoms with Crippen molar-refractivity contribution >= 4 is 39.9 Å². The first-order chi connectivity index (χ1) is 19.0. The Kier molecular flexibility index (Phi) is 7.73. The molecule has 39 heavy (non-hydrogen) atoms. The van der Waals surface area contributed by atoms with Gasteiger partial charge in [0.2, 0.25) is 5.91 Å². The highest BCUT2D eigenvalue weighted by Gasteiger charge is 2.36. The van der Waals surface area contributed by atoms with E-state index in [4.69, 9.17) is 14.2 Å². The largest absolute Gasteiger partial charge is 0.494 e. The summed E-state index contributed by atoms with van der Waals surface area (Å²) in [5.41, 5.74) is 1.23. The van der Waals surface area contributed by atoms with E-state index in [1.165, 1.54) is 0 Å². The molecule has 0 bridgehead atoms. The van der Waals surface area contributed by atoms with Gasteiger partial charge in [-0.1, -0.05) is 36.4 Å². The van der Waals surface area contributed by atoms with Crippen LogP contribution in [0.2, 0.25) is 0 Å². The standard InChI is InChI=1S/C31H28N2O6/c1-2-37-25-14-10-23(11-15-25)32-29(34)20-38-31(36)22-18-30(35)33(19-22)24-12-16-26(17-13-24)39-28-9-5-7-21-6-3-4-8-27(21)28/h3-17,22H,2,18-20H2,1H3,(H,32,34)/t22-/m0/s1. The van der Waals surface area contributed by atoms with Crippen LogP contribution in [0.5, 0.6) is 17.2 Å². The predicted molar refractivity (Wildman–Crippen MR) is 148 cm³/mol. The third-order valence-corrected chi connectivity index (χ3v) is 6.38. The van der Waals surface area contributed by atoms with E-state index in [-0.39, 0.29) is 18.9 Å². The van der Waals surface area contributed by atoms with E-state index in [1.807, 2.05) is 49.4 Å². The molecular weight excluding hydrogens is 496 g/mol. The quantitative estimate of drug-likeness (QED) is 0.288. The molecule has 8 nitrogen and oxygen atoms in total. The summed E-state index contributed by atoms with van der Waals surface area (Å²) < 4.78 is 16.7. The summed E-state index contributed by atoms with van der Waals surface area (Å²) in [6, 6.07) is 27.9.